The molecule has 102 valence electrons. The van der Waals surface area contributed by atoms with E-state index in [-0.39, 0.29) is 0 Å². The number of nitrogens with zero attached hydrogens (tertiary/aromatic N) is 1. The molecule has 4 nitrogen and oxygen atoms in total. The molecule has 0 spiro atoms. The van der Waals surface area contributed by atoms with Crippen LogP contribution in [0.25, 0.3) is 11.0 Å². The summed E-state index contributed by atoms with van der Waals surface area (Å²) >= 11 is 12.2. The van der Waals surface area contributed by atoms with Crippen LogP contribution in [0.3, 0.4) is 0 Å². The van der Waals surface area contributed by atoms with E-state index in [1.54, 1.807) is 18.2 Å². The molecule has 2 aromatic carbocycles. The van der Waals surface area contributed by atoms with Gasteiger partial charge in [-0.25, -0.2) is 4.98 Å². The Labute approximate surface area is 125 Å². The summed E-state index contributed by atoms with van der Waals surface area (Å²) in [6.45, 7) is 0.299. The van der Waals surface area contributed by atoms with Gasteiger partial charge in [0, 0.05) is 21.7 Å². The molecule has 3 rings (SSSR count). The van der Waals surface area contributed by atoms with Gasteiger partial charge in [-0.05, 0) is 24.3 Å². The van der Waals surface area contributed by atoms with E-state index in [1.807, 2.05) is 18.2 Å². The maximum absolute atomic E-state index is 6.10. The minimum Gasteiger partial charge on any atom is -0.489 e. The molecule has 0 aliphatic rings. The molecule has 0 aliphatic carbocycles. The minimum atomic E-state index is 0.299. The number of H-pyrrole nitrogens is 1. The number of halogens is 2. The van der Waals surface area contributed by atoms with E-state index in [0.717, 1.165) is 16.6 Å². The van der Waals surface area contributed by atoms with Crippen LogP contribution in [0.4, 0.5) is 5.95 Å². The van der Waals surface area contributed by atoms with Crippen LogP contribution in [-0.4, -0.2) is 9.97 Å². The highest BCUT2D eigenvalue weighted by atomic mass is 35.5. The predicted octanol–water partition coefficient (Wildman–Crippen LogP) is 4.03. The number of nitrogen functional groups attached to an aromatic ring is 1. The lowest BCUT2D eigenvalue weighted by molar-refractivity contribution is 0.307. The molecule has 6 heteroatoms. The molecule has 0 saturated heterocycles. The number of anilines is 1. The van der Waals surface area contributed by atoms with Crippen molar-refractivity contribution >= 4 is 40.2 Å². The number of aromatic amines is 1. The maximum Gasteiger partial charge on any atom is 0.198 e. The van der Waals surface area contributed by atoms with Crippen molar-refractivity contribution < 1.29 is 4.74 Å². The first kappa shape index (κ1) is 13.1. The molecule has 1 aromatic heterocycles. The SMILES string of the molecule is Nc1nc2ccc(OCc3c(Cl)cccc3Cl)cc2[nH]1. The van der Waals surface area contributed by atoms with E-state index in [0.29, 0.717) is 28.3 Å². The Morgan fingerprint density at radius 2 is 1.90 bits per heavy atom. The monoisotopic (exact) mass is 307 g/mol. The Kier molecular flexibility index (Phi) is 3.42. The summed E-state index contributed by atoms with van der Waals surface area (Å²) in [5.41, 5.74) is 7.99. The number of imidazole rings is 1. The van der Waals surface area contributed by atoms with Crippen molar-refractivity contribution in [3.63, 3.8) is 0 Å². The van der Waals surface area contributed by atoms with E-state index in [9.17, 15) is 0 Å². The number of hydrogen-bond acceptors (Lipinski definition) is 3. The normalized spacial score (nSPS) is 10.9. The number of fused-ring (bicyclic) bond motifs is 1. The Morgan fingerprint density at radius 1 is 1.15 bits per heavy atom. The summed E-state index contributed by atoms with van der Waals surface area (Å²) in [5, 5.41) is 1.17. The fourth-order valence-electron chi connectivity index (χ4n) is 1.92. The first-order chi connectivity index (χ1) is 9.63. The zero-order chi connectivity index (χ0) is 14.1. The van der Waals surface area contributed by atoms with Crippen LogP contribution < -0.4 is 10.5 Å². The number of hydrogen-bond donors (Lipinski definition) is 2. The van der Waals surface area contributed by atoms with Crippen molar-refractivity contribution in [3.8, 4) is 5.75 Å². The van der Waals surface area contributed by atoms with Crippen molar-refractivity contribution in [2.24, 2.45) is 0 Å². The maximum atomic E-state index is 6.10. The van der Waals surface area contributed by atoms with E-state index in [1.165, 1.54) is 0 Å². The third-order valence-corrected chi connectivity index (χ3v) is 3.62. The summed E-state index contributed by atoms with van der Waals surface area (Å²) in [4.78, 5) is 7.08. The van der Waals surface area contributed by atoms with Gasteiger partial charge in [0.05, 0.1) is 11.0 Å². The highest BCUT2D eigenvalue weighted by molar-refractivity contribution is 6.35. The van der Waals surface area contributed by atoms with Gasteiger partial charge in [-0.3, -0.25) is 0 Å². The standard InChI is InChI=1S/C14H11Cl2N3O/c15-10-2-1-3-11(16)9(10)7-20-8-4-5-12-13(6-8)19-14(17)18-12/h1-6H,7H2,(H3,17,18,19). The van der Waals surface area contributed by atoms with E-state index < -0.39 is 0 Å². The molecule has 1 heterocycles. The molecular formula is C14H11Cl2N3O. The quantitative estimate of drug-likeness (QED) is 0.768. The summed E-state index contributed by atoms with van der Waals surface area (Å²) in [6, 6.07) is 10.9. The van der Waals surface area contributed by atoms with Gasteiger partial charge < -0.3 is 15.5 Å². The third kappa shape index (κ3) is 2.53. The van der Waals surface area contributed by atoms with Gasteiger partial charge in [0.15, 0.2) is 5.95 Å². The van der Waals surface area contributed by atoms with Crippen molar-refractivity contribution in [3.05, 3.63) is 52.0 Å². The van der Waals surface area contributed by atoms with E-state index in [4.69, 9.17) is 33.7 Å². The summed E-state index contributed by atoms with van der Waals surface area (Å²) < 4.78 is 5.71. The summed E-state index contributed by atoms with van der Waals surface area (Å²) in [7, 11) is 0. The Balaban J connectivity index is 1.83. The number of ether oxygens (including phenoxy) is 1. The van der Waals surface area contributed by atoms with Crippen LogP contribution in [0.1, 0.15) is 5.56 Å². The molecule has 0 saturated carbocycles. The minimum absolute atomic E-state index is 0.299. The molecule has 0 fully saturated rings. The largest absolute Gasteiger partial charge is 0.489 e. The number of nitrogens with two attached hydrogens (primary N) is 1. The van der Waals surface area contributed by atoms with E-state index in [2.05, 4.69) is 9.97 Å². The van der Waals surface area contributed by atoms with Crippen molar-refractivity contribution in [1.29, 1.82) is 0 Å². The van der Waals surface area contributed by atoms with Crippen LogP contribution in [0.15, 0.2) is 36.4 Å². The zero-order valence-electron chi connectivity index (χ0n) is 10.4. The fourth-order valence-corrected chi connectivity index (χ4v) is 2.43. The number of nitrogens with one attached hydrogen (secondary N) is 1. The van der Waals surface area contributed by atoms with Crippen LogP contribution in [0, 0.1) is 0 Å². The molecule has 0 bridgehead atoms. The van der Waals surface area contributed by atoms with Gasteiger partial charge in [-0.15, -0.1) is 0 Å². The second-order valence-corrected chi connectivity index (χ2v) is 5.10. The number of benzene rings is 2. The number of rotatable bonds is 3. The average molecular weight is 308 g/mol. The molecule has 0 atom stereocenters. The lowest BCUT2D eigenvalue weighted by Crippen LogP contribution is -1.97. The van der Waals surface area contributed by atoms with Gasteiger partial charge in [-0.2, -0.15) is 0 Å². The molecule has 0 unspecified atom stereocenters. The highest BCUT2D eigenvalue weighted by Gasteiger charge is 2.07. The van der Waals surface area contributed by atoms with Crippen LogP contribution in [0.2, 0.25) is 10.0 Å². The third-order valence-electron chi connectivity index (χ3n) is 2.92. The summed E-state index contributed by atoms with van der Waals surface area (Å²) in [5.74, 6) is 1.07. The Morgan fingerprint density at radius 3 is 2.65 bits per heavy atom. The predicted molar refractivity (Wildman–Crippen MR) is 81.3 cm³/mol. The topological polar surface area (TPSA) is 63.9 Å². The Bertz CT molecular complexity index is 750. The lowest BCUT2D eigenvalue weighted by Gasteiger charge is -2.09. The van der Waals surface area contributed by atoms with E-state index >= 15 is 0 Å². The smallest absolute Gasteiger partial charge is 0.198 e. The molecule has 0 aliphatic heterocycles. The second kappa shape index (κ2) is 5.23. The molecule has 0 amide bonds. The summed E-state index contributed by atoms with van der Waals surface area (Å²) in [6.07, 6.45) is 0. The van der Waals surface area contributed by atoms with Gasteiger partial charge >= 0.3 is 0 Å². The van der Waals surface area contributed by atoms with Crippen molar-refractivity contribution in [2.75, 3.05) is 5.73 Å². The molecule has 3 N–H and O–H groups in total. The van der Waals surface area contributed by atoms with Gasteiger partial charge in [-0.1, -0.05) is 29.3 Å². The zero-order valence-corrected chi connectivity index (χ0v) is 11.9. The molecule has 20 heavy (non-hydrogen) atoms. The van der Waals surface area contributed by atoms with Gasteiger partial charge in [0.25, 0.3) is 0 Å². The molecule has 3 aromatic rings. The Hall–Kier alpha value is -1.91. The van der Waals surface area contributed by atoms with Gasteiger partial charge in [0.2, 0.25) is 0 Å². The van der Waals surface area contributed by atoms with Crippen LogP contribution in [-0.2, 0) is 6.61 Å². The molecular weight excluding hydrogens is 297 g/mol. The number of aromatic nitrogens is 2. The second-order valence-electron chi connectivity index (χ2n) is 4.29. The lowest BCUT2D eigenvalue weighted by atomic mass is 10.2. The first-order valence-electron chi connectivity index (χ1n) is 5.94. The highest BCUT2D eigenvalue weighted by Crippen LogP contribution is 2.26. The average Bonchev–Trinajstić information content (AvgIpc) is 2.77. The van der Waals surface area contributed by atoms with Crippen LogP contribution in [0.5, 0.6) is 5.75 Å². The van der Waals surface area contributed by atoms with Crippen molar-refractivity contribution in [2.45, 2.75) is 6.61 Å². The first-order valence-corrected chi connectivity index (χ1v) is 6.70. The fraction of sp³-hybridized carbons (Fsp3) is 0.0714. The van der Waals surface area contributed by atoms with Crippen LogP contribution >= 0.6 is 23.2 Å². The van der Waals surface area contributed by atoms with Crippen molar-refractivity contribution in [1.82, 2.24) is 9.97 Å². The molecule has 0 radical (unpaired) electrons. The van der Waals surface area contributed by atoms with Gasteiger partial charge in [0.1, 0.15) is 12.4 Å².